The van der Waals surface area contributed by atoms with Crippen molar-refractivity contribution in [3.8, 4) is 12.1 Å². The monoisotopic (exact) mass is 162 g/mol. The number of nitriles is 2. The second kappa shape index (κ2) is 2.77. The number of hydrogen-bond acceptors (Lipinski definition) is 4. The molecular weight excluding hydrogens is 160 g/mol. The second-order valence-corrected chi connectivity index (χ2v) is 1.88. The predicted molar refractivity (Wildman–Crippen MR) is 35.1 cm³/mol. The first-order chi connectivity index (χ1) is 5.70. The molecule has 0 aliphatic rings. The van der Waals surface area contributed by atoms with Crippen LogP contribution >= 0.6 is 0 Å². The van der Waals surface area contributed by atoms with Crippen LogP contribution in [0.3, 0.4) is 0 Å². The Morgan fingerprint density at radius 2 is 2.17 bits per heavy atom. The van der Waals surface area contributed by atoms with Gasteiger partial charge in [-0.05, 0) is 0 Å². The molecule has 1 aromatic heterocycles. The summed E-state index contributed by atoms with van der Waals surface area (Å²) in [5, 5.41) is 25.3. The van der Waals surface area contributed by atoms with E-state index in [1.165, 1.54) is 0 Å². The van der Waals surface area contributed by atoms with Gasteiger partial charge in [0.2, 0.25) is 5.76 Å². The third-order valence-electron chi connectivity index (χ3n) is 1.23. The van der Waals surface area contributed by atoms with Gasteiger partial charge in [-0.3, -0.25) is 0 Å². The lowest BCUT2D eigenvalue weighted by Gasteiger charge is -1.83. The molecule has 5 heteroatoms. The van der Waals surface area contributed by atoms with Gasteiger partial charge in [-0.15, -0.1) is 0 Å². The molecule has 1 N–H and O–H groups in total. The van der Waals surface area contributed by atoms with Crippen LogP contribution in [-0.4, -0.2) is 11.1 Å². The van der Waals surface area contributed by atoms with E-state index in [0.29, 0.717) is 0 Å². The third kappa shape index (κ3) is 0.998. The van der Waals surface area contributed by atoms with Gasteiger partial charge in [0.25, 0.3) is 0 Å². The summed E-state index contributed by atoms with van der Waals surface area (Å²) in [7, 11) is 0. The van der Waals surface area contributed by atoms with Crippen molar-refractivity contribution in [3.05, 3.63) is 23.2 Å². The smallest absolute Gasteiger partial charge is 0.340 e. The SMILES string of the molecule is N#Cc1occ(C(=O)O)c1C#N. The Hall–Kier alpha value is -2.27. The fourth-order valence-electron chi connectivity index (χ4n) is 0.709. The first-order valence-electron chi connectivity index (χ1n) is 2.85. The van der Waals surface area contributed by atoms with Crippen molar-refractivity contribution >= 4 is 5.97 Å². The Labute approximate surface area is 67.1 Å². The Morgan fingerprint density at radius 1 is 1.50 bits per heavy atom. The zero-order chi connectivity index (χ0) is 9.14. The number of hydrogen-bond donors (Lipinski definition) is 1. The lowest BCUT2D eigenvalue weighted by Crippen LogP contribution is -1.96. The molecule has 0 aromatic carbocycles. The first kappa shape index (κ1) is 7.83. The van der Waals surface area contributed by atoms with Crippen LogP contribution in [0.25, 0.3) is 0 Å². The Bertz CT molecular complexity index is 405. The van der Waals surface area contributed by atoms with Crippen molar-refractivity contribution in [1.29, 1.82) is 10.5 Å². The van der Waals surface area contributed by atoms with Gasteiger partial charge in [0.15, 0.2) is 0 Å². The average molecular weight is 162 g/mol. The van der Waals surface area contributed by atoms with Crippen molar-refractivity contribution in [1.82, 2.24) is 0 Å². The molecule has 0 saturated heterocycles. The number of carbonyl (C=O) groups is 1. The maximum Gasteiger partial charge on any atom is 0.340 e. The van der Waals surface area contributed by atoms with Crippen LogP contribution < -0.4 is 0 Å². The van der Waals surface area contributed by atoms with Gasteiger partial charge in [0.05, 0.1) is 0 Å². The minimum atomic E-state index is -1.28. The maximum absolute atomic E-state index is 10.4. The zero-order valence-corrected chi connectivity index (χ0v) is 5.74. The normalized spacial score (nSPS) is 8.50. The molecule has 0 amide bonds. The van der Waals surface area contributed by atoms with Gasteiger partial charge in [-0.1, -0.05) is 0 Å². The summed E-state index contributed by atoms with van der Waals surface area (Å²) in [6.45, 7) is 0. The van der Waals surface area contributed by atoms with Crippen LogP contribution in [0.5, 0.6) is 0 Å². The van der Waals surface area contributed by atoms with Gasteiger partial charge in [0.1, 0.15) is 29.5 Å². The second-order valence-electron chi connectivity index (χ2n) is 1.88. The van der Waals surface area contributed by atoms with Crippen molar-refractivity contribution < 1.29 is 14.3 Å². The van der Waals surface area contributed by atoms with Crippen molar-refractivity contribution in [2.45, 2.75) is 0 Å². The highest BCUT2D eigenvalue weighted by atomic mass is 16.4. The van der Waals surface area contributed by atoms with E-state index in [-0.39, 0.29) is 16.9 Å². The van der Waals surface area contributed by atoms with Crippen LogP contribution in [0.2, 0.25) is 0 Å². The molecule has 0 unspecified atom stereocenters. The summed E-state index contributed by atoms with van der Waals surface area (Å²) in [6, 6.07) is 3.15. The van der Waals surface area contributed by atoms with E-state index >= 15 is 0 Å². The maximum atomic E-state index is 10.4. The summed E-state index contributed by atoms with van der Waals surface area (Å²) >= 11 is 0. The number of furan rings is 1. The lowest BCUT2D eigenvalue weighted by molar-refractivity contribution is 0.0696. The van der Waals surface area contributed by atoms with Crippen LogP contribution in [0.15, 0.2) is 10.7 Å². The molecule has 0 atom stereocenters. The molecule has 0 fully saturated rings. The van der Waals surface area contributed by atoms with Crippen LogP contribution in [-0.2, 0) is 0 Å². The number of carboxylic acids is 1. The van der Waals surface area contributed by atoms with E-state index in [4.69, 9.17) is 15.6 Å². The van der Waals surface area contributed by atoms with Gasteiger partial charge >= 0.3 is 5.97 Å². The quantitative estimate of drug-likeness (QED) is 0.655. The van der Waals surface area contributed by atoms with Crippen LogP contribution in [0, 0.1) is 22.7 Å². The number of nitrogens with zero attached hydrogens (tertiary/aromatic N) is 2. The van der Waals surface area contributed by atoms with Gasteiger partial charge in [0, 0.05) is 0 Å². The predicted octanol–water partition coefficient (Wildman–Crippen LogP) is 0.721. The highest BCUT2D eigenvalue weighted by Gasteiger charge is 2.17. The minimum Gasteiger partial charge on any atom is -0.478 e. The Balaban J connectivity index is 3.38. The Morgan fingerprint density at radius 3 is 2.58 bits per heavy atom. The summed E-state index contributed by atoms with van der Waals surface area (Å²) in [5.74, 6) is -1.55. The Kier molecular flexibility index (Phi) is 1.81. The van der Waals surface area contributed by atoms with Gasteiger partial charge in [-0.25, -0.2) is 4.79 Å². The highest BCUT2D eigenvalue weighted by Crippen LogP contribution is 2.14. The first-order valence-corrected chi connectivity index (χ1v) is 2.85. The molecule has 5 nitrogen and oxygen atoms in total. The van der Waals surface area contributed by atoms with Crippen molar-refractivity contribution in [3.63, 3.8) is 0 Å². The molecule has 0 spiro atoms. The minimum absolute atomic E-state index is 0.231. The number of carboxylic acid groups (broad SMARTS) is 1. The molecule has 0 saturated carbocycles. The summed E-state index contributed by atoms with van der Waals surface area (Å²) in [6.07, 6.45) is 0.874. The highest BCUT2D eigenvalue weighted by molar-refractivity contribution is 5.90. The summed E-state index contributed by atoms with van der Waals surface area (Å²) in [4.78, 5) is 10.4. The zero-order valence-electron chi connectivity index (χ0n) is 5.74. The van der Waals surface area contributed by atoms with Crippen LogP contribution in [0.4, 0.5) is 0 Å². The lowest BCUT2D eigenvalue weighted by atomic mass is 10.2. The van der Waals surface area contributed by atoms with E-state index in [1.807, 2.05) is 0 Å². The molecule has 12 heavy (non-hydrogen) atoms. The van der Waals surface area contributed by atoms with Gasteiger partial charge in [-0.2, -0.15) is 10.5 Å². The number of rotatable bonds is 1. The molecule has 58 valence electrons. The molecular formula is C7H2N2O3. The van der Waals surface area contributed by atoms with Crippen molar-refractivity contribution in [2.75, 3.05) is 0 Å². The molecule has 0 radical (unpaired) electrons. The topological polar surface area (TPSA) is 98.0 Å². The largest absolute Gasteiger partial charge is 0.478 e. The van der Waals surface area contributed by atoms with E-state index in [2.05, 4.69) is 4.42 Å². The molecule has 0 bridgehead atoms. The molecule has 1 aromatic rings. The molecule has 1 rings (SSSR count). The van der Waals surface area contributed by atoms with E-state index in [0.717, 1.165) is 6.26 Å². The average Bonchev–Trinajstić information content (AvgIpc) is 2.46. The fraction of sp³-hybridized carbons (Fsp3) is 0. The summed E-state index contributed by atoms with van der Waals surface area (Å²) in [5.41, 5.74) is -0.515. The van der Waals surface area contributed by atoms with Gasteiger partial charge < -0.3 is 9.52 Å². The van der Waals surface area contributed by atoms with Crippen molar-refractivity contribution in [2.24, 2.45) is 0 Å². The van der Waals surface area contributed by atoms with Crippen LogP contribution in [0.1, 0.15) is 21.7 Å². The standard InChI is InChI=1S/C7H2N2O3/c8-1-4-5(7(10)11)3-12-6(4)2-9/h3H,(H,10,11). The fourth-order valence-corrected chi connectivity index (χ4v) is 0.709. The van der Waals surface area contributed by atoms with E-state index in [9.17, 15) is 4.79 Å². The molecule has 1 heterocycles. The summed E-state index contributed by atoms with van der Waals surface area (Å²) < 4.78 is 4.53. The van der Waals surface area contributed by atoms with E-state index in [1.54, 1.807) is 12.1 Å². The number of aromatic carboxylic acids is 1. The third-order valence-corrected chi connectivity index (χ3v) is 1.23. The molecule has 0 aliphatic carbocycles. The molecule has 0 aliphatic heterocycles. The van der Waals surface area contributed by atoms with E-state index < -0.39 is 5.97 Å².